The van der Waals surface area contributed by atoms with Crippen LogP contribution in [0.15, 0.2) is 24.3 Å². The lowest BCUT2D eigenvalue weighted by atomic mass is 9.91. The van der Waals surface area contributed by atoms with E-state index in [1.54, 1.807) is 7.11 Å². The van der Waals surface area contributed by atoms with Crippen LogP contribution in [0.2, 0.25) is 0 Å². The van der Waals surface area contributed by atoms with E-state index in [0.717, 1.165) is 38.1 Å². The molecule has 1 N–H and O–H groups in total. The number of nitrogens with zero attached hydrogens (tertiary/aromatic N) is 1. The second-order valence-corrected chi connectivity index (χ2v) is 5.88. The van der Waals surface area contributed by atoms with Crippen LogP contribution in [0.5, 0.6) is 5.75 Å². The maximum absolute atomic E-state index is 10.3. The predicted octanol–water partition coefficient (Wildman–Crippen LogP) is 2.57. The van der Waals surface area contributed by atoms with Crippen molar-refractivity contribution in [3.8, 4) is 5.75 Å². The average Bonchev–Trinajstić information content (AvgIpc) is 3.04. The van der Waals surface area contributed by atoms with E-state index >= 15 is 0 Å². The predicted molar refractivity (Wildman–Crippen MR) is 75.2 cm³/mol. The Bertz CT molecular complexity index is 423. The zero-order chi connectivity index (χ0) is 13.3. The first-order valence-corrected chi connectivity index (χ1v) is 7.31. The molecule has 0 bridgehead atoms. The van der Waals surface area contributed by atoms with Gasteiger partial charge in [-0.25, -0.2) is 0 Å². The molecule has 19 heavy (non-hydrogen) atoms. The Morgan fingerprint density at radius 2 is 1.95 bits per heavy atom. The van der Waals surface area contributed by atoms with E-state index in [0.29, 0.717) is 0 Å². The molecule has 1 aromatic carbocycles. The highest BCUT2D eigenvalue weighted by Gasteiger charge is 2.49. The first-order chi connectivity index (χ1) is 9.24. The molecule has 0 aromatic heterocycles. The van der Waals surface area contributed by atoms with E-state index in [-0.39, 0.29) is 11.6 Å². The third-order valence-corrected chi connectivity index (χ3v) is 4.92. The summed E-state index contributed by atoms with van der Waals surface area (Å²) >= 11 is 0. The van der Waals surface area contributed by atoms with Crippen LogP contribution in [0.1, 0.15) is 37.7 Å². The Hall–Kier alpha value is -1.06. The standard InChI is InChI=1S/C16H23NO2/c1-19-14-6-4-13(5-7-14)12-17-11-8-15(18)16(17)9-2-3-10-16/h4-7,15,18H,2-3,8-12H2,1H3. The number of benzene rings is 1. The number of methoxy groups -OCH3 is 1. The van der Waals surface area contributed by atoms with E-state index in [4.69, 9.17) is 4.74 Å². The molecule has 104 valence electrons. The fourth-order valence-corrected chi connectivity index (χ4v) is 3.80. The Kier molecular flexibility index (Phi) is 3.50. The molecule has 1 aromatic rings. The van der Waals surface area contributed by atoms with Gasteiger partial charge >= 0.3 is 0 Å². The zero-order valence-electron chi connectivity index (χ0n) is 11.6. The Morgan fingerprint density at radius 1 is 1.26 bits per heavy atom. The summed E-state index contributed by atoms with van der Waals surface area (Å²) in [4.78, 5) is 2.51. The number of aliphatic hydroxyl groups excluding tert-OH is 1. The van der Waals surface area contributed by atoms with Crippen molar-refractivity contribution in [2.45, 2.75) is 50.3 Å². The van der Waals surface area contributed by atoms with Crippen LogP contribution in [0, 0.1) is 0 Å². The van der Waals surface area contributed by atoms with Gasteiger partial charge in [0.2, 0.25) is 0 Å². The summed E-state index contributed by atoms with van der Waals surface area (Å²) in [5, 5.41) is 10.3. The van der Waals surface area contributed by atoms with Crippen LogP contribution >= 0.6 is 0 Å². The van der Waals surface area contributed by atoms with Gasteiger partial charge < -0.3 is 9.84 Å². The van der Waals surface area contributed by atoms with Gasteiger partial charge in [0.1, 0.15) is 5.75 Å². The molecule has 1 aliphatic carbocycles. The van der Waals surface area contributed by atoms with Gasteiger partial charge in [-0.15, -0.1) is 0 Å². The molecule has 1 saturated carbocycles. The Morgan fingerprint density at radius 3 is 2.58 bits per heavy atom. The molecular formula is C16H23NO2. The number of rotatable bonds is 3. The smallest absolute Gasteiger partial charge is 0.118 e. The van der Waals surface area contributed by atoms with Gasteiger partial charge in [-0.1, -0.05) is 25.0 Å². The van der Waals surface area contributed by atoms with Gasteiger partial charge in [-0.2, -0.15) is 0 Å². The topological polar surface area (TPSA) is 32.7 Å². The SMILES string of the molecule is COc1ccc(CN2CCC(O)C23CCCC3)cc1. The van der Waals surface area contributed by atoms with Crippen molar-refractivity contribution in [2.75, 3.05) is 13.7 Å². The van der Waals surface area contributed by atoms with Gasteiger partial charge in [-0.05, 0) is 37.0 Å². The van der Waals surface area contributed by atoms with Crippen LogP contribution in [0.25, 0.3) is 0 Å². The van der Waals surface area contributed by atoms with Gasteiger partial charge in [0.15, 0.2) is 0 Å². The summed E-state index contributed by atoms with van der Waals surface area (Å²) in [5.41, 5.74) is 1.38. The molecule has 3 rings (SSSR count). The molecule has 1 saturated heterocycles. The first kappa shape index (κ1) is 12.9. The number of hydrogen-bond acceptors (Lipinski definition) is 3. The van der Waals surface area contributed by atoms with Crippen molar-refractivity contribution in [2.24, 2.45) is 0 Å². The molecule has 2 aliphatic rings. The lowest BCUT2D eigenvalue weighted by Crippen LogP contribution is -2.47. The largest absolute Gasteiger partial charge is 0.497 e. The summed E-state index contributed by atoms with van der Waals surface area (Å²) in [6.45, 7) is 1.97. The second kappa shape index (κ2) is 5.14. The second-order valence-electron chi connectivity index (χ2n) is 5.88. The molecule has 1 unspecified atom stereocenters. The van der Waals surface area contributed by atoms with Gasteiger partial charge in [0.25, 0.3) is 0 Å². The van der Waals surface area contributed by atoms with Crippen LogP contribution in [0.3, 0.4) is 0 Å². The molecule has 2 fully saturated rings. The minimum Gasteiger partial charge on any atom is -0.497 e. The highest BCUT2D eigenvalue weighted by molar-refractivity contribution is 5.27. The first-order valence-electron chi connectivity index (χ1n) is 7.31. The Balaban J connectivity index is 1.74. The number of hydrogen-bond donors (Lipinski definition) is 1. The van der Waals surface area contributed by atoms with E-state index in [1.807, 2.05) is 12.1 Å². The molecule has 3 nitrogen and oxygen atoms in total. The van der Waals surface area contributed by atoms with E-state index in [1.165, 1.54) is 18.4 Å². The van der Waals surface area contributed by atoms with Gasteiger partial charge in [-0.3, -0.25) is 4.90 Å². The van der Waals surface area contributed by atoms with Crippen LogP contribution in [0.4, 0.5) is 0 Å². The minimum absolute atomic E-state index is 0.0694. The fraction of sp³-hybridized carbons (Fsp3) is 0.625. The number of likely N-dealkylation sites (tertiary alicyclic amines) is 1. The normalized spacial score (nSPS) is 26.1. The lowest BCUT2D eigenvalue weighted by Gasteiger charge is -2.37. The molecule has 1 atom stereocenters. The summed E-state index contributed by atoms with van der Waals surface area (Å²) in [7, 11) is 1.69. The average molecular weight is 261 g/mol. The number of aliphatic hydroxyl groups is 1. The van der Waals surface area contributed by atoms with Crippen molar-refractivity contribution in [3.63, 3.8) is 0 Å². The summed E-state index contributed by atoms with van der Waals surface area (Å²) in [5.74, 6) is 0.904. The molecule has 0 amide bonds. The molecule has 1 spiro atoms. The van der Waals surface area contributed by atoms with Crippen LogP contribution < -0.4 is 4.74 Å². The molecule has 3 heteroatoms. The van der Waals surface area contributed by atoms with Crippen LogP contribution in [-0.4, -0.2) is 35.3 Å². The van der Waals surface area contributed by atoms with Gasteiger partial charge in [0, 0.05) is 18.6 Å². The maximum Gasteiger partial charge on any atom is 0.118 e. The highest BCUT2D eigenvalue weighted by atomic mass is 16.5. The summed E-state index contributed by atoms with van der Waals surface area (Å²) in [6.07, 6.45) is 5.63. The fourth-order valence-electron chi connectivity index (χ4n) is 3.80. The van der Waals surface area contributed by atoms with Crippen molar-refractivity contribution >= 4 is 0 Å². The monoisotopic (exact) mass is 261 g/mol. The van der Waals surface area contributed by atoms with Crippen molar-refractivity contribution < 1.29 is 9.84 Å². The highest BCUT2D eigenvalue weighted by Crippen LogP contribution is 2.43. The molecular weight excluding hydrogens is 238 g/mol. The Labute approximate surface area is 115 Å². The van der Waals surface area contributed by atoms with Crippen molar-refractivity contribution in [1.82, 2.24) is 4.90 Å². The van der Waals surface area contributed by atoms with Crippen molar-refractivity contribution in [3.05, 3.63) is 29.8 Å². The zero-order valence-corrected chi connectivity index (χ0v) is 11.6. The summed E-state index contributed by atoms with van der Waals surface area (Å²) < 4.78 is 5.20. The minimum atomic E-state index is -0.131. The van der Waals surface area contributed by atoms with E-state index in [2.05, 4.69) is 17.0 Å². The van der Waals surface area contributed by atoms with Gasteiger partial charge in [0.05, 0.1) is 13.2 Å². The van der Waals surface area contributed by atoms with E-state index < -0.39 is 0 Å². The lowest BCUT2D eigenvalue weighted by molar-refractivity contribution is 0.0277. The number of ether oxygens (including phenoxy) is 1. The maximum atomic E-state index is 10.3. The molecule has 1 heterocycles. The van der Waals surface area contributed by atoms with Crippen LogP contribution in [-0.2, 0) is 6.54 Å². The molecule has 0 radical (unpaired) electrons. The van der Waals surface area contributed by atoms with Crippen molar-refractivity contribution in [1.29, 1.82) is 0 Å². The third-order valence-electron chi connectivity index (χ3n) is 4.92. The quantitative estimate of drug-likeness (QED) is 0.907. The summed E-state index contributed by atoms with van der Waals surface area (Å²) in [6, 6.07) is 8.30. The van der Waals surface area contributed by atoms with E-state index in [9.17, 15) is 5.11 Å². The molecule has 1 aliphatic heterocycles. The third kappa shape index (κ3) is 2.26.